The molecule has 1 aromatic carbocycles. The van der Waals surface area contributed by atoms with Crippen molar-refractivity contribution in [2.75, 3.05) is 6.26 Å². The molecule has 0 radical (unpaired) electrons. The molecule has 1 atom stereocenters. The van der Waals surface area contributed by atoms with E-state index in [0.717, 1.165) is 56.3 Å². The van der Waals surface area contributed by atoms with Crippen molar-refractivity contribution < 1.29 is 8.73 Å². The van der Waals surface area contributed by atoms with Crippen molar-refractivity contribution >= 4 is 21.5 Å². The van der Waals surface area contributed by atoms with Crippen LogP contribution in [-0.4, -0.2) is 30.4 Å². The third-order valence-electron chi connectivity index (χ3n) is 5.23. The number of aliphatic imine (C=N–C) groups is 1. The van der Waals surface area contributed by atoms with Gasteiger partial charge in [-0.2, -0.15) is 5.10 Å². The molecule has 3 heterocycles. The normalized spacial score (nSPS) is 14.4. The summed E-state index contributed by atoms with van der Waals surface area (Å²) in [6, 6.07) is 4.21. The minimum Gasteiger partial charge on any atom is -0.361 e. The molecule has 140 valence electrons. The molecule has 4 rings (SSSR count). The predicted molar refractivity (Wildman–Crippen MR) is 108 cm³/mol. The molecule has 0 spiro atoms. The van der Waals surface area contributed by atoms with Crippen molar-refractivity contribution in [3.8, 4) is 22.3 Å². The van der Waals surface area contributed by atoms with E-state index in [1.54, 1.807) is 6.26 Å². The zero-order valence-electron chi connectivity index (χ0n) is 16.4. The van der Waals surface area contributed by atoms with Crippen LogP contribution in [0.25, 0.3) is 22.3 Å². The lowest BCUT2D eigenvalue weighted by atomic mass is 9.91. The Labute approximate surface area is 160 Å². The largest absolute Gasteiger partial charge is 0.361 e. The third kappa shape index (κ3) is 2.77. The fraction of sp³-hybridized carbons (Fsp3) is 0.350. The highest BCUT2D eigenvalue weighted by Crippen LogP contribution is 2.43. The number of fused-ring (bicyclic) bond motifs is 1. The van der Waals surface area contributed by atoms with E-state index in [1.165, 1.54) is 0 Å². The summed E-state index contributed by atoms with van der Waals surface area (Å²) in [4.78, 5) is 4.67. The van der Waals surface area contributed by atoms with Gasteiger partial charge < -0.3 is 4.52 Å². The molecule has 27 heavy (non-hydrogen) atoms. The van der Waals surface area contributed by atoms with E-state index in [1.807, 2.05) is 38.6 Å². The molecule has 0 N–H and O–H groups in total. The van der Waals surface area contributed by atoms with Crippen LogP contribution in [0.5, 0.6) is 0 Å². The molecule has 0 amide bonds. The Bertz CT molecular complexity index is 1120. The molecular formula is C20H22N4O2S. The summed E-state index contributed by atoms with van der Waals surface area (Å²) < 4.78 is 19.3. The van der Waals surface area contributed by atoms with Crippen LogP contribution >= 0.6 is 0 Å². The minimum absolute atomic E-state index is 0.601. The van der Waals surface area contributed by atoms with Gasteiger partial charge in [0.25, 0.3) is 0 Å². The second-order valence-corrected chi connectivity index (χ2v) is 8.41. The second-order valence-electron chi connectivity index (χ2n) is 7.03. The van der Waals surface area contributed by atoms with Gasteiger partial charge in [0.05, 0.1) is 27.9 Å². The zero-order valence-corrected chi connectivity index (χ0v) is 17.2. The fourth-order valence-electron chi connectivity index (χ4n) is 3.86. The number of aryl methyl sites for hydroxylation is 4. The van der Waals surface area contributed by atoms with Crippen LogP contribution in [0, 0.1) is 27.7 Å². The lowest BCUT2D eigenvalue weighted by Crippen LogP contribution is -2.05. The monoisotopic (exact) mass is 382 g/mol. The molecular weight excluding hydrogens is 360 g/mol. The molecule has 0 bridgehead atoms. The first-order valence-corrected chi connectivity index (χ1v) is 10.4. The van der Waals surface area contributed by atoms with Crippen molar-refractivity contribution in [1.82, 2.24) is 14.9 Å². The fourth-order valence-corrected chi connectivity index (χ4v) is 4.43. The smallest absolute Gasteiger partial charge is 0.141 e. The molecule has 1 aliphatic heterocycles. The summed E-state index contributed by atoms with van der Waals surface area (Å²) in [5.74, 6) is 0.777. The van der Waals surface area contributed by atoms with Gasteiger partial charge in [0.2, 0.25) is 0 Å². The predicted octanol–water partition coefficient (Wildman–Crippen LogP) is 3.94. The van der Waals surface area contributed by atoms with Crippen molar-refractivity contribution in [2.24, 2.45) is 12.0 Å². The van der Waals surface area contributed by atoms with Crippen molar-refractivity contribution in [1.29, 1.82) is 0 Å². The summed E-state index contributed by atoms with van der Waals surface area (Å²) in [5, 5.41) is 9.39. The number of aromatic nitrogens is 3. The van der Waals surface area contributed by atoms with Crippen LogP contribution in [0.3, 0.4) is 0 Å². The van der Waals surface area contributed by atoms with E-state index < -0.39 is 10.8 Å². The van der Waals surface area contributed by atoms with Gasteiger partial charge in [-0.25, -0.2) is 4.99 Å². The Morgan fingerprint density at radius 1 is 1.11 bits per heavy atom. The Morgan fingerprint density at radius 3 is 2.41 bits per heavy atom. The number of hydrogen-bond donors (Lipinski definition) is 0. The van der Waals surface area contributed by atoms with Crippen LogP contribution in [0.15, 0.2) is 21.6 Å². The maximum Gasteiger partial charge on any atom is 0.141 e. The first-order chi connectivity index (χ1) is 12.8. The quantitative estimate of drug-likeness (QED) is 0.673. The van der Waals surface area contributed by atoms with Crippen LogP contribution in [0.4, 0.5) is 5.69 Å². The number of benzene rings is 1. The summed E-state index contributed by atoms with van der Waals surface area (Å²) in [7, 11) is 0.860. The van der Waals surface area contributed by atoms with E-state index in [0.29, 0.717) is 11.5 Å². The summed E-state index contributed by atoms with van der Waals surface area (Å²) >= 11 is 0. The Kier molecular flexibility index (Phi) is 4.14. The summed E-state index contributed by atoms with van der Waals surface area (Å²) in [6.07, 6.45) is 2.28. The van der Waals surface area contributed by atoms with Crippen LogP contribution in [0.2, 0.25) is 0 Å². The average Bonchev–Trinajstić information content (AvgIpc) is 3.24. The molecule has 0 fully saturated rings. The van der Waals surface area contributed by atoms with Crippen molar-refractivity contribution in [2.45, 2.75) is 34.1 Å². The molecule has 3 aromatic rings. The SMILES string of the molecule is Cc1noc(C)c1-c1cc2c(c(-c3c(C)nn(C)c3C)c1)CC(S(C)=O)=N2. The highest BCUT2D eigenvalue weighted by Gasteiger charge is 2.26. The van der Waals surface area contributed by atoms with Crippen LogP contribution < -0.4 is 0 Å². The van der Waals surface area contributed by atoms with Gasteiger partial charge in [-0.05, 0) is 56.5 Å². The van der Waals surface area contributed by atoms with E-state index in [9.17, 15) is 4.21 Å². The standard InChI is InChI=1S/C20H22N4O2S/c1-10-19(12(3)24(5)22-10)16-7-14(20-11(2)23-26-13(20)4)8-17-15(16)9-18(21-17)27(6)25/h7-8H,9H2,1-6H3. The Balaban J connectivity index is 2.02. The van der Waals surface area contributed by atoms with Crippen LogP contribution in [0.1, 0.15) is 28.4 Å². The number of nitrogens with zero attached hydrogens (tertiary/aromatic N) is 4. The lowest BCUT2D eigenvalue weighted by molar-refractivity contribution is 0.393. The van der Waals surface area contributed by atoms with Gasteiger partial charge in [-0.1, -0.05) is 5.16 Å². The molecule has 0 aliphatic carbocycles. The topological polar surface area (TPSA) is 73.3 Å². The van der Waals surface area contributed by atoms with Crippen LogP contribution in [-0.2, 0) is 24.3 Å². The van der Waals surface area contributed by atoms with Gasteiger partial charge in [-0.3, -0.25) is 8.89 Å². The van der Waals surface area contributed by atoms with Crippen molar-refractivity contribution in [3.05, 3.63) is 40.5 Å². The van der Waals surface area contributed by atoms with E-state index in [4.69, 9.17) is 4.52 Å². The van der Waals surface area contributed by atoms with E-state index >= 15 is 0 Å². The van der Waals surface area contributed by atoms with E-state index in [2.05, 4.69) is 28.2 Å². The number of rotatable bonds is 2. The zero-order chi connectivity index (χ0) is 19.5. The second kappa shape index (κ2) is 6.27. The molecule has 2 aromatic heterocycles. The van der Waals surface area contributed by atoms with Gasteiger partial charge in [0.15, 0.2) is 0 Å². The third-order valence-corrected chi connectivity index (χ3v) is 6.13. The van der Waals surface area contributed by atoms with Gasteiger partial charge >= 0.3 is 0 Å². The van der Waals surface area contributed by atoms with Gasteiger partial charge in [-0.15, -0.1) is 0 Å². The molecule has 1 unspecified atom stereocenters. The summed E-state index contributed by atoms with van der Waals surface area (Å²) in [6.45, 7) is 7.94. The number of hydrogen-bond acceptors (Lipinski definition) is 5. The highest BCUT2D eigenvalue weighted by molar-refractivity contribution is 8.00. The maximum absolute atomic E-state index is 12.1. The van der Waals surface area contributed by atoms with Crippen molar-refractivity contribution in [3.63, 3.8) is 0 Å². The molecule has 6 nitrogen and oxygen atoms in total. The Morgan fingerprint density at radius 2 is 1.85 bits per heavy atom. The molecule has 1 aliphatic rings. The highest BCUT2D eigenvalue weighted by atomic mass is 32.2. The lowest BCUT2D eigenvalue weighted by Gasteiger charge is -2.12. The van der Waals surface area contributed by atoms with Gasteiger partial charge in [0.1, 0.15) is 10.8 Å². The average molecular weight is 382 g/mol. The molecule has 7 heteroatoms. The van der Waals surface area contributed by atoms with Gasteiger partial charge in [0, 0.05) is 36.5 Å². The minimum atomic E-state index is -1.09. The maximum atomic E-state index is 12.1. The Hall–Kier alpha value is -2.54. The summed E-state index contributed by atoms with van der Waals surface area (Å²) in [5.41, 5.74) is 9.09. The first kappa shape index (κ1) is 17.9. The molecule has 0 saturated heterocycles. The first-order valence-electron chi connectivity index (χ1n) is 8.79. The molecule has 0 saturated carbocycles. The van der Waals surface area contributed by atoms with E-state index in [-0.39, 0.29) is 0 Å².